The zero-order valence-corrected chi connectivity index (χ0v) is 19.7. The number of hydrogen-bond acceptors (Lipinski definition) is 1. The van der Waals surface area contributed by atoms with E-state index in [0.717, 1.165) is 0 Å². The van der Waals surface area contributed by atoms with Crippen LogP contribution in [0.15, 0.2) is 65.4 Å². The van der Waals surface area contributed by atoms with Crippen LogP contribution in [-0.4, -0.2) is 29.4 Å². The number of nitrogens with zero attached hydrogens (tertiary/aromatic N) is 2. The van der Waals surface area contributed by atoms with Gasteiger partial charge < -0.3 is 0 Å². The fraction of sp³-hybridized carbons (Fsp3) is 0.400. The van der Waals surface area contributed by atoms with Crippen molar-refractivity contribution in [3.63, 3.8) is 0 Å². The second-order valence-corrected chi connectivity index (χ2v) is 13.9. The van der Waals surface area contributed by atoms with Crippen molar-refractivity contribution < 1.29 is 0 Å². The van der Waals surface area contributed by atoms with Crippen LogP contribution >= 0.6 is 17.2 Å². The Morgan fingerprint density at radius 2 is 1.20 bits per heavy atom. The molecule has 25 heavy (non-hydrogen) atoms. The molecule has 0 bridgehead atoms. The van der Waals surface area contributed by atoms with Crippen LogP contribution in [0.3, 0.4) is 0 Å². The third-order valence-electron chi connectivity index (χ3n) is 3.68. The van der Waals surface area contributed by atoms with Crippen molar-refractivity contribution in [1.82, 2.24) is 3.63 Å². The molecule has 0 aliphatic carbocycles. The molecule has 2 rings (SSSR count). The first-order valence-electron chi connectivity index (χ1n) is 8.53. The third-order valence-corrected chi connectivity index (χ3v) is 13.4. The molecule has 2 nitrogen and oxygen atoms in total. The van der Waals surface area contributed by atoms with Crippen LogP contribution in [0, 0.1) is 0 Å². The van der Waals surface area contributed by atoms with Crippen molar-refractivity contribution in [1.29, 1.82) is 0 Å². The summed E-state index contributed by atoms with van der Waals surface area (Å²) in [5.41, 5.74) is -0.225. The van der Waals surface area contributed by atoms with Gasteiger partial charge in [-0.25, -0.2) is 0 Å². The number of hydrogen-bond donors (Lipinski definition) is 0. The van der Waals surface area contributed by atoms with E-state index in [2.05, 4.69) is 106 Å². The molecule has 0 unspecified atom stereocenters. The molecule has 0 heterocycles. The molecule has 0 fully saturated rings. The van der Waals surface area contributed by atoms with Crippen LogP contribution in [0.2, 0.25) is 0 Å². The van der Waals surface area contributed by atoms with E-state index in [-0.39, 0.29) is 11.1 Å². The standard InChI is InChI=1S/C20H28ClGeN2P/c1-19(2,3)23-25(17-13-9-7-10-14-17,18-15-11-8-12-16-18)24(22-21)20(4,5)6/h7-16H,1-6H3. The predicted molar refractivity (Wildman–Crippen MR) is 114 cm³/mol. The average molecular weight is 435 g/mol. The van der Waals surface area contributed by atoms with Gasteiger partial charge in [0, 0.05) is 0 Å². The van der Waals surface area contributed by atoms with Crippen LogP contribution in [0.4, 0.5) is 0 Å². The summed E-state index contributed by atoms with van der Waals surface area (Å²) in [6.07, 6.45) is 0. The van der Waals surface area contributed by atoms with Gasteiger partial charge in [-0.15, -0.1) is 0 Å². The molecule has 0 N–H and O–H groups in total. The van der Waals surface area contributed by atoms with Gasteiger partial charge in [0.1, 0.15) is 0 Å². The van der Waals surface area contributed by atoms with Gasteiger partial charge in [0.2, 0.25) is 0 Å². The molecule has 2 radical (unpaired) electrons. The van der Waals surface area contributed by atoms with Gasteiger partial charge in [0.25, 0.3) is 0 Å². The van der Waals surface area contributed by atoms with Crippen LogP contribution in [0.1, 0.15) is 41.5 Å². The molecule has 5 heteroatoms. The summed E-state index contributed by atoms with van der Waals surface area (Å²) in [7, 11) is 4.51. The Morgan fingerprint density at radius 1 is 0.800 bits per heavy atom. The average Bonchev–Trinajstić information content (AvgIpc) is 2.53. The zero-order valence-electron chi connectivity index (χ0n) is 16.0. The van der Waals surface area contributed by atoms with Crippen molar-refractivity contribution in [2.24, 2.45) is 4.74 Å². The molecule has 0 aliphatic heterocycles. The van der Waals surface area contributed by atoms with Gasteiger partial charge in [0.15, 0.2) is 0 Å². The summed E-state index contributed by atoms with van der Waals surface area (Å²) in [5.74, 6) is 0. The quantitative estimate of drug-likeness (QED) is 0.462. The van der Waals surface area contributed by atoms with Crippen molar-refractivity contribution in [2.45, 2.75) is 52.6 Å². The van der Waals surface area contributed by atoms with E-state index in [1.165, 1.54) is 10.6 Å². The predicted octanol–water partition coefficient (Wildman–Crippen LogP) is 5.43. The summed E-state index contributed by atoms with van der Waals surface area (Å²) in [6.45, 7) is 13.3. The molecule has 134 valence electrons. The first-order valence-corrected chi connectivity index (χ1v) is 13.9. The zero-order chi connectivity index (χ0) is 18.7. The van der Waals surface area contributed by atoms with Crippen molar-refractivity contribution in [2.75, 3.05) is 0 Å². The molecule has 2 aromatic carbocycles. The Morgan fingerprint density at radius 3 is 1.48 bits per heavy atom. The SMILES string of the molecule is CC(C)(C)N=P(c1ccccc1)(c1ccccc1)[N]([Ge][Cl])C(C)(C)C. The van der Waals surface area contributed by atoms with E-state index in [1.807, 2.05) is 0 Å². The topological polar surface area (TPSA) is 15.6 Å². The summed E-state index contributed by atoms with van der Waals surface area (Å²) < 4.78 is 8.01. The third kappa shape index (κ3) is 4.80. The number of halogens is 1. The molecular weight excluding hydrogens is 407 g/mol. The van der Waals surface area contributed by atoms with Crippen LogP contribution in [0.25, 0.3) is 0 Å². The van der Waals surface area contributed by atoms with Crippen LogP contribution in [-0.2, 0) is 0 Å². The second-order valence-electron chi connectivity index (χ2n) is 8.11. The van der Waals surface area contributed by atoms with E-state index in [0.29, 0.717) is 0 Å². The van der Waals surface area contributed by atoms with Gasteiger partial charge in [-0.3, -0.25) is 0 Å². The first kappa shape index (κ1) is 20.8. The van der Waals surface area contributed by atoms with Crippen molar-refractivity contribution >= 4 is 42.5 Å². The molecule has 0 spiro atoms. The van der Waals surface area contributed by atoms with E-state index in [4.69, 9.17) is 14.8 Å². The summed E-state index contributed by atoms with van der Waals surface area (Å²) in [6, 6.07) is 21.4. The summed E-state index contributed by atoms with van der Waals surface area (Å²) >= 11 is -0.835. The van der Waals surface area contributed by atoms with Gasteiger partial charge in [-0.1, -0.05) is 0 Å². The van der Waals surface area contributed by atoms with Crippen molar-refractivity contribution in [3.05, 3.63) is 60.7 Å². The normalized spacial score (nSPS) is 13.1. The van der Waals surface area contributed by atoms with Gasteiger partial charge >= 0.3 is 164 Å². The second kappa shape index (κ2) is 8.00. The molecule has 2 aromatic rings. The Hall–Kier alpha value is -0.537. The van der Waals surface area contributed by atoms with Gasteiger partial charge in [-0.05, 0) is 0 Å². The molecule has 0 saturated carbocycles. The Balaban J connectivity index is 2.97. The van der Waals surface area contributed by atoms with E-state index in [9.17, 15) is 0 Å². The van der Waals surface area contributed by atoms with Crippen LogP contribution in [0.5, 0.6) is 0 Å². The number of rotatable bonds is 4. The minimum atomic E-state index is -2.17. The molecule has 0 saturated heterocycles. The molecule has 0 atom stereocenters. The minimum absolute atomic E-state index is 0.0596. The molecular formula is C20H28ClGeN2P. The van der Waals surface area contributed by atoms with Gasteiger partial charge in [0.05, 0.1) is 0 Å². The fourth-order valence-corrected chi connectivity index (χ4v) is 12.9. The Kier molecular flexibility index (Phi) is 6.65. The van der Waals surface area contributed by atoms with E-state index in [1.54, 1.807) is 0 Å². The number of benzene rings is 2. The Labute approximate surface area is 164 Å². The van der Waals surface area contributed by atoms with Crippen LogP contribution < -0.4 is 10.6 Å². The summed E-state index contributed by atoms with van der Waals surface area (Å²) in [4.78, 5) is 0. The fourth-order valence-electron chi connectivity index (χ4n) is 2.86. The molecule has 0 aromatic heterocycles. The first-order chi connectivity index (χ1) is 11.6. The monoisotopic (exact) mass is 436 g/mol. The Bertz CT molecular complexity index is 690. The maximum atomic E-state index is 6.68. The molecule has 0 aliphatic rings. The maximum absolute atomic E-state index is 6.68. The van der Waals surface area contributed by atoms with E-state index >= 15 is 0 Å². The van der Waals surface area contributed by atoms with Gasteiger partial charge in [-0.2, -0.15) is 0 Å². The van der Waals surface area contributed by atoms with Crippen molar-refractivity contribution in [3.8, 4) is 0 Å². The van der Waals surface area contributed by atoms with E-state index < -0.39 is 21.9 Å². The molecule has 0 amide bonds. The summed E-state index contributed by atoms with van der Waals surface area (Å²) in [5, 5.41) is 2.55.